The van der Waals surface area contributed by atoms with Crippen LogP contribution in [0.1, 0.15) is 25.7 Å². The van der Waals surface area contributed by atoms with Crippen LogP contribution in [0.5, 0.6) is 11.5 Å². The van der Waals surface area contributed by atoms with Gasteiger partial charge in [-0.3, -0.25) is 0 Å². The van der Waals surface area contributed by atoms with Crippen molar-refractivity contribution in [1.29, 1.82) is 0 Å². The maximum Gasteiger partial charge on any atom is 0.243 e. The summed E-state index contributed by atoms with van der Waals surface area (Å²) in [7, 11) is 4.07. The summed E-state index contributed by atoms with van der Waals surface area (Å²) in [6.07, 6.45) is 16.6. The maximum absolute atomic E-state index is 5.96. The number of rotatable bonds is 12. The number of aromatic nitrogens is 4. The lowest BCUT2D eigenvalue weighted by Crippen LogP contribution is -3.00. The van der Waals surface area contributed by atoms with Gasteiger partial charge in [0.15, 0.2) is 0 Å². The van der Waals surface area contributed by atoms with Crippen molar-refractivity contribution in [2.24, 2.45) is 14.1 Å². The van der Waals surface area contributed by atoms with Crippen LogP contribution in [0, 0.1) is 0 Å². The molecule has 2 aromatic heterocycles. The monoisotopic (exact) mass is 698 g/mol. The zero-order chi connectivity index (χ0) is 21.3. The first-order valence-corrected chi connectivity index (χ1v) is 11.9. The minimum Gasteiger partial charge on any atom is -1.00 e. The molecule has 0 amide bonds. The van der Waals surface area contributed by atoms with Gasteiger partial charge in [0.25, 0.3) is 0 Å². The smallest absolute Gasteiger partial charge is 0.243 e. The van der Waals surface area contributed by atoms with Crippen LogP contribution in [-0.4, -0.2) is 22.3 Å². The van der Waals surface area contributed by atoms with Crippen LogP contribution in [-0.2, 0) is 27.2 Å². The van der Waals surface area contributed by atoms with Gasteiger partial charge in [-0.15, -0.1) is 0 Å². The molecule has 0 fully saturated rings. The number of imidazole rings is 2. The zero-order valence-corrected chi connectivity index (χ0v) is 24.7. The molecule has 0 bridgehead atoms. The second-order valence-corrected chi connectivity index (χ2v) is 9.17. The van der Waals surface area contributed by atoms with E-state index in [-0.39, 0.29) is 34.0 Å². The standard InChI is InChI=1S/C22H30Br2N4O2.2BrH/c1-25-9-11-27(17-25)7-3-5-13-29-21-15-20(24)22(16-19(21)23)30-14-6-4-8-28-12-10-26(2)18-28;;/h9-12,15-18H,3-8,13-14H2,1-2H3;2*1H/q+2;;/p-2. The Morgan fingerprint density at radius 2 is 1.12 bits per heavy atom. The minimum atomic E-state index is 0. The Kier molecular flexibility index (Phi) is 13.8. The highest BCUT2D eigenvalue weighted by Gasteiger charge is 2.10. The lowest BCUT2D eigenvalue weighted by atomic mass is 10.3. The minimum absolute atomic E-state index is 0. The highest BCUT2D eigenvalue weighted by atomic mass is 79.9. The van der Waals surface area contributed by atoms with Gasteiger partial charge in [0, 0.05) is 0 Å². The fourth-order valence-corrected chi connectivity index (χ4v) is 4.03. The summed E-state index contributed by atoms with van der Waals surface area (Å²) in [5.74, 6) is 1.67. The van der Waals surface area contributed by atoms with Gasteiger partial charge in [0.1, 0.15) is 36.3 Å². The second kappa shape index (κ2) is 15.1. The Labute approximate surface area is 228 Å². The summed E-state index contributed by atoms with van der Waals surface area (Å²) in [4.78, 5) is 0. The predicted molar refractivity (Wildman–Crippen MR) is 123 cm³/mol. The Morgan fingerprint density at radius 1 is 0.719 bits per heavy atom. The lowest BCUT2D eigenvalue weighted by molar-refractivity contribution is -0.671. The molecule has 3 aromatic rings. The quantitative estimate of drug-likeness (QED) is 0.165. The fraction of sp³-hybridized carbons (Fsp3) is 0.455. The van der Waals surface area contributed by atoms with Gasteiger partial charge in [-0.1, -0.05) is 0 Å². The van der Waals surface area contributed by atoms with E-state index in [1.54, 1.807) is 0 Å². The molecular weight excluding hydrogens is 672 g/mol. The topological polar surface area (TPSA) is 36.1 Å². The van der Waals surface area contributed by atoms with Crippen LogP contribution in [0.25, 0.3) is 0 Å². The first-order chi connectivity index (χ1) is 14.5. The highest BCUT2D eigenvalue weighted by molar-refractivity contribution is 9.11. The van der Waals surface area contributed by atoms with Crippen molar-refractivity contribution < 1.29 is 52.6 Å². The van der Waals surface area contributed by atoms with Gasteiger partial charge in [-0.05, 0) is 69.7 Å². The molecule has 178 valence electrons. The van der Waals surface area contributed by atoms with E-state index in [9.17, 15) is 0 Å². The molecule has 3 rings (SSSR count). The summed E-state index contributed by atoms with van der Waals surface area (Å²) in [5, 5.41) is 0. The Bertz CT molecular complexity index is 870. The van der Waals surface area contributed by atoms with Crippen LogP contribution in [0.2, 0.25) is 0 Å². The van der Waals surface area contributed by atoms with Crippen LogP contribution in [0.3, 0.4) is 0 Å². The molecule has 0 saturated carbocycles. The first-order valence-electron chi connectivity index (χ1n) is 10.3. The van der Waals surface area contributed by atoms with Gasteiger partial charge in [0.05, 0.1) is 49.3 Å². The molecule has 1 aromatic carbocycles. The summed E-state index contributed by atoms with van der Waals surface area (Å²) in [5.41, 5.74) is 0. The number of aryl methyl sites for hydroxylation is 4. The van der Waals surface area contributed by atoms with E-state index in [0.29, 0.717) is 13.2 Å². The Balaban J connectivity index is 0.00000256. The highest BCUT2D eigenvalue weighted by Crippen LogP contribution is 2.36. The van der Waals surface area contributed by atoms with E-state index in [2.05, 4.69) is 87.6 Å². The van der Waals surface area contributed by atoms with Gasteiger partial charge >= 0.3 is 0 Å². The van der Waals surface area contributed by atoms with Crippen molar-refractivity contribution in [1.82, 2.24) is 9.13 Å². The average Bonchev–Trinajstić information content (AvgIpc) is 3.32. The third kappa shape index (κ3) is 9.57. The number of nitrogens with zero attached hydrogens (tertiary/aromatic N) is 4. The molecule has 0 spiro atoms. The number of benzene rings is 1. The summed E-state index contributed by atoms with van der Waals surface area (Å²) < 4.78 is 22.2. The van der Waals surface area contributed by atoms with E-state index in [4.69, 9.17) is 9.47 Å². The third-order valence-corrected chi connectivity index (χ3v) is 6.01. The largest absolute Gasteiger partial charge is 1.00 e. The van der Waals surface area contributed by atoms with Gasteiger partial charge in [-0.2, -0.15) is 0 Å². The van der Waals surface area contributed by atoms with E-state index >= 15 is 0 Å². The molecule has 0 aliphatic rings. The third-order valence-electron chi connectivity index (χ3n) is 4.77. The van der Waals surface area contributed by atoms with Crippen molar-refractivity contribution in [3.8, 4) is 11.5 Å². The molecule has 0 unspecified atom stereocenters. The molecule has 10 heteroatoms. The zero-order valence-electron chi connectivity index (χ0n) is 18.4. The van der Waals surface area contributed by atoms with Gasteiger partial charge in [-0.25, -0.2) is 18.3 Å². The molecular formula is C22H30Br4N4O2. The number of halogens is 4. The molecule has 0 saturated heterocycles. The molecule has 0 N–H and O–H groups in total. The number of hydrogen-bond donors (Lipinski definition) is 0. The number of unbranched alkanes of at least 4 members (excludes halogenated alkanes) is 2. The predicted octanol–water partition coefficient (Wildman–Crippen LogP) is -1.81. The fourth-order valence-electron chi connectivity index (χ4n) is 3.16. The molecule has 0 radical (unpaired) electrons. The summed E-state index contributed by atoms with van der Waals surface area (Å²) >= 11 is 7.21. The molecule has 32 heavy (non-hydrogen) atoms. The van der Waals surface area contributed by atoms with Crippen LogP contribution in [0.4, 0.5) is 0 Å². The molecule has 6 nitrogen and oxygen atoms in total. The first kappa shape index (κ1) is 29.2. The van der Waals surface area contributed by atoms with Crippen molar-refractivity contribution in [2.45, 2.75) is 38.8 Å². The van der Waals surface area contributed by atoms with Gasteiger partial charge in [0.2, 0.25) is 12.7 Å². The average molecular weight is 702 g/mol. The SMILES string of the molecule is C[n+]1ccn(CCCCOc2cc(Br)c(OCCCCn3cc[n+](C)c3)cc2Br)c1.[Br-].[Br-]. The van der Waals surface area contributed by atoms with E-state index in [0.717, 1.165) is 59.2 Å². The Morgan fingerprint density at radius 3 is 1.47 bits per heavy atom. The molecule has 2 heterocycles. The lowest BCUT2D eigenvalue weighted by Gasteiger charge is -2.13. The van der Waals surface area contributed by atoms with Crippen LogP contribution < -0.4 is 52.6 Å². The van der Waals surface area contributed by atoms with E-state index in [1.807, 2.05) is 26.2 Å². The van der Waals surface area contributed by atoms with E-state index < -0.39 is 0 Å². The summed E-state index contributed by atoms with van der Waals surface area (Å²) in [6.45, 7) is 3.39. The number of ether oxygens (including phenoxy) is 2. The Hall–Kier alpha value is -0.840. The maximum atomic E-state index is 5.96. The van der Waals surface area contributed by atoms with Crippen molar-refractivity contribution >= 4 is 31.9 Å². The second-order valence-electron chi connectivity index (χ2n) is 7.46. The number of hydrogen-bond acceptors (Lipinski definition) is 2. The van der Waals surface area contributed by atoms with Crippen molar-refractivity contribution in [3.63, 3.8) is 0 Å². The van der Waals surface area contributed by atoms with Gasteiger partial charge < -0.3 is 43.4 Å². The normalized spacial score (nSPS) is 10.4. The molecule has 0 atom stereocenters. The van der Waals surface area contributed by atoms with Crippen LogP contribution >= 0.6 is 31.9 Å². The molecule has 0 aliphatic carbocycles. The van der Waals surface area contributed by atoms with E-state index in [1.165, 1.54) is 0 Å². The van der Waals surface area contributed by atoms with Crippen molar-refractivity contribution in [3.05, 3.63) is 58.5 Å². The van der Waals surface area contributed by atoms with Crippen LogP contribution in [0.15, 0.2) is 58.5 Å². The van der Waals surface area contributed by atoms with Crippen molar-refractivity contribution in [2.75, 3.05) is 13.2 Å². The molecule has 0 aliphatic heterocycles. The summed E-state index contributed by atoms with van der Waals surface area (Å²) in [6, 6.07) is 3.95.